The van der Waals surface area contributed by atoms with E-state index in [1.54, 1.807) is 18.2 Å². The lowest BCUT2D eigenvalue weighted by molar-refractivity contribution is -0.385. The monoisotopic (exact) mass is 435 g/mol. The van der Waals surface area contributed by atoms with E-state index in [2.05, 4.69) is 31.9 Å². The predicted octanol–water partition coefficient (Wildman–Crippen LogP) is 5.06. The molecule has 0 amide bonds. The Kier molecular flexibility index (Phi) is 5.21. The third-order valence-corrected chi connectivity index (χ3v) is 4.09. The predicted molar refractivity (Wildman–Crippen MR) is 85.9 cm³/mol. The zero-order chi connectivity index (χ0) is 15.6. The van der Waals surface area contributed by atoms with Gasteiger partial charge >= 0.3 is 0 Å². The second-order valence-corrected chi connectivity index (χ2v) is 6.10. The third-order valence-electron chi connectivity index (χ3n) is 2.62. The number of nitro benzene ring substituents is 1. The second kappa shape index (κ2) is 6.74. The van der Waals surface area contributed by atoms with Gasteiger partial charge in [0.1, 0.15) is 0 Å². The van der Waals surface area contributed by atoms with Crippen LogP contribution in [-0.4, -0.2) is 10.0 Å². The van der Waals surface area contributed by atoms with Crippen molar-refractivity contribution in [2.75, 3.05) is 0 Å². The van der Waals surface area contributed by atoms with Crippen LogP contribution in [0.15, 0.2) is 39.3 Å². The fourth-order valence-electron chi connectivity index (χ4n) is 1.64. The van der Waals surface area contributed by atoms with Crippen LogP contribution in [0.4, 0.5) is 5.69 Å². The van der Waals surface area contributed by atoms with E-state index in [1.165, 1.54) is 12.1 Å². The maximum Gasteiger partial charge on any atom is 0.271 e. The lowest BCUT2D eigenvalue weighted by Gasteiger charge is -2.14. The Hall–Kier alpha value is -1.15. The van der Waals surface area contributed by atoms with E-state index in [0.717, 1.165) is 0 Å². The molecular formula is C13H8Br2ClNO4. The van der Waals surface area contributed by atoms with Crippen LogP contribution < -0.4 is 4.74 Å². The maximum atomic E-state index is 10.8. The van der Waals surface area contributed by atoms with Gasteiger partial charge in [0.25, 0.3) is 5.69 Å². The lowest BCUT2D eigenvalue weighted by atomic mass is 10.2. The number of nitro groups is 1. The smallest absolute Gasteiger partial charge is 0.271 e. The largest absolute Gasteiger partial charge is 0.453 e. The van der Waals surface area contributed by atoms with Crippen LogP contribution in [-0.2, 0) is 6.61 Å². The van der Waals surface area contributed by atoms with Crippen LogP contribution in [0.3, 0.4) is 0 Å². The number of non-ortho nitro benzene ring substituents is 1. The molecule has 0 atom stereocenters. The molecule has 2 aromatic carbocycles. The highest BCUT2D eigenvalue weighted by molar-refractivity contribution is 9.11. The number of hydrogen-bond donors (Lipinski definition) is 1. The first-order chi connectivity index (χ1) is 9.93. The number of para-hydroxylation sites is 1. The van der Waals surface area contributed by atoms with Gasteiger partial charge in [0.05, 0.1) is 25.5 Å². The number of ether oxygens (including phenoxy) is 1. The number of rotatable bonds is 4. The van der Waals surface area contributed by atoms with Gasteiger partial charge in [-0.2, -0.15) is 0 Å². The van der Waals surface area contributed by atoms with Crippen LogP contribution in [0.25, 0.3) is 0 Å². The number of benzene rings is 2. The van der Waals surface area contributed by atoms with E-state index in [0.29, 0.717) is 31.0 Å². The number of nitrogens with zero attached hydrogens (tertiary/aromatic N) is 1. The van der Waals surface area contributed by atoms with Crippen molar-refractivity contribution < 1.29 is 14.8 Å². The Morgan fingerprint density at radius 2 is 1.86 bits per heavy atom. The van der Waals surface area contributed by atoms with Crippen molar-refractivity contribution in [1.29, 1.82) is 0 Å². The molecule has 2 rings (SSSR count). The van der Waals surface area contributed by atoms with Gasteiger partial charge in [0, 0.05) is 17.7 Å². The van der Waals surface area contributed by atoms with Crippen LogP contribution in [0.5, 0.6) is 11.5 Å². The highest BCUT2D eigenvalue weighted by Crippen LogP contribution is 2.42. The molecule has 21 heavy (non-hydrogen) atoms. The summed E-state index contributed by atoms with van der Waals surface area (Å²) in [6, 6.07) is 7.66. The van der Waals surface area contributed by atoms with Crippen molar-refractivity contribution in [3.8, 4) is 11.5 Å². The maximum absolute atomic E-state index is 10.8. The summed E-state index contributed by atoms with van der Waals surface area (Å²) in [4.78, 5) is 10.3. The Labute approximate surface area is 141 Å². The standard InChI is InChI=1S/C13H8Br2ClNO4/c14-9-4-8(17(19)20)5-10(15)13(9)21-12-7(6-18)2-1-3-11(12)16/h1-5,18H,6H2. The SMILES string of the molecule is O=[N+]([O-])c1cc(Br)c(Oc2c(Cl)cccc2CO)c(Br)c1. The van der Waals surface area contributed by atoms with Gasteiger partial charge in [-0.3, -0.25) is 10.1 Å². The van der Waals surface area contributed by atoms with Crippen molar-refractivity contribution in [1.82, 2.24) is 0 Å². The summed E-state index contributed by atoms with van der Waals surface area (Å²) < 4.78 is 6.51. The van der Waals surface area contributed by atoms with Crippen LogP contribution in [0.2, 0.25) is 5.02 Å². The van der Waals surface area contributed by atoms with Crippen molar-refractivity contribution in [2.45, 2.75) is 6.61 Å². The fraction of sp³-hybridized carbons (Fsp3) is 0.0769. The number of halogens is 3. The average molecular weight is 437 g/mol. The normalized spacial score (nSPS) is 10.5. The van der Waals surface area contributed by atoms with E-state index >= 15 is 0 Å². The quantitative estimate of drug-likeness (QED) is 0.536. The first-order valence-corrected chi connectivity index (χ1v) is 7.60. The van der Waals surface area contributed by atoms with E-state index < -0.39 is 4.92 Å². The first kappa shape index (κ1) is 16.2. The molecule has 0 aliphatic heterocycles. The third kappa shape index (κ3) is 3.55. The van der Waals surface area contributed by atoms with Gasteiger partial charge < -0.3 is 9.84 Å². The topological polar surface area (TPSA) is 72.6 Å². The second-order valence-electron chi connectivity index (χ2n) is 3.98. The molecule has 2 aromatic rings. The molecule has 0 aliphatic rings. The zero-order valence-corrected chi connectivity index (χ0v) is 14.3. The zero-order valence-electron chi connectivity index (χ0n) is 10.3. The van der Waals surface area contributed by atoms with Crippen LogP contribution in [0, 0.1) is 10.1 Å². The Bertz CT molecular complexity index is 686. The van der Waals surface area contributed by atoms with Crippen molar-refractivity contribution >= 4 is 49.1 Å². The molecular weight excluding hydrogens is 429 g/mol. The minimum Gasteiger partial charge on any atom is -0.453 e. The minimum absolute atomic E-state index is 0.0809. The van der Waals surface area contributed by atoms with Crippen LogP contribution in [0.1, 0.15) is 5.56 Å². The summed E-state index contributed by atoms with van der Waals surface area (Å²) >= 11 is 12.5. The number of hydrogen-bond acceptors (Lipinski definition) is 4. The van der Waals surface area contributed by atoms with Crippen molar-refractivity contribution in [3.63, 3.8) is 0 Å². The van der Waals surface area contributed by atoms with Gasteiger partial charge in [0.2, 0.25) is 0 Å². The molecule has 0 saturated carbocycles. The summed E-state index contributed by atoms with van der Waals surface area (Å²) in [7, 11) is 0. The Balaban J connectivity index is 2.48. The average Bonchev–Trinajstić information content (AvgIpc) is 2.43. The van der Waals surface area contributed by atoms with Crippen molar-refractivity contribution in [3.05, 3.63) is 60.0 Å². The summed E-state index contributed by atoms with van der Waals surface area (Å²) in [6.45, 7) is -0.238. The molecule has 0 aromatic heterocycles. The highest BCUT2D eigenvalue weighted by atomic mass is 79.9. The molecule has 8 heteroatoms. The molecule has 0 saturated heterocycles. The molecule has 0 fully saturated rings. The molecule has 0 bridgehead atoms. The van der Waals surface area contributed by atoms with E-state index in [9.17, 15) is 15.2 Å². The molecule has 5 nitrogen and oxygen atoms in total. The molecule has 0 aliphatic carbocycles. The lowest BCUT2D eigenvalue weighted by Crippen LogP contribution is -1.95. The number of aliphatic hydroxyl groups is 1. The van der Waals surface area contributed by atoms with Gasteiger partial charge in [-0.15, -0.1) is 0 Å². The van der Waals surface area contributed by atoms with Gasteiger partial charge in [-0.05, 0) is 37.9 Å². The summed E-state index contributed by atoms with van der Waals surface area (Å²) in [5, 5.41) is 20.5. The molecule has 110 valence electrons. The number of aliphatic hydroxyl groups excluding tert-OH is 1. The van der Waals surface area contributed by atoms with Crippen molar-refractivity contribution in [2.24, 2.45) is 0 Å². The summed E-state index contributed by atoms with van der Waals surface area (Å²) in [5.74, 6) is 0.639. The molecule has 0 heterocycles. The molecule has 0 unspecified atom stereocenters. The summed E-state index contributed by atoms with van der Waals surface area (Å²) in [6.07, 6.45) is 0. The molecule has 0 radical (unpaired) electrons. The highest BCUT2D eigenvalue weighted by Gasteiger charge is 2.18. The Morgan fingerprint density at radius 1 is 1.24 bits per heavy atom. The molecule has 1 N–H and O–H groups in total. The first-order valence-electron chi connectivity index (χ1n) is 5.63. The van der Waals surface area contributed by atoms with E-state index in [-0.39, 0.29) is 12.3 Å². The fourth-order valence-corrected chi connectivity index (χ4v) is 3.20. The minimum atomic E-state index is -0.506. The van der Waals surface area contributed by atoms with Gasteiger partial charge in [-0.1, -0.05) is 23.7 Å². The summed E-state index contributed by atoms with van der Waals surface area (Å²) in [5.41, 5.74) is 0.433. The van der Waals surface area contributed by atoms with Gasteiger partial charge in [-0.25, -0.2) is 0 Å². The van der Waals surface area contributed by atoms with Gasteiger partial charge in [0.15, 0.2) is 11.5 Å². The Morgan fingerprint density at radius 3 is 2.38 bits per heavy atom. The van der Waals surface area contributed by atoms with E-state index in [4.69, 9.17) is 16.3 Å². The van der Waals surface area contributed by atoms with Crippen LogP contribution >= 0.6 is 43.5 Å². The molecule has 0 spiro atoms. The van der Waals surface area contributed by atoms with E-state index in [1.807, 2.05) is 0 Å².